The van der Waals surface area contributed by atoms with Crippen LogP contribution in [0.1, 0.15) is 18.1 Å². The fourth-order valence-electron chi connectivity index (χ4n) is 3.83. The number of ether oxygens (including phenoxy) is 1. The molecule has 1 N–H and O–H groups in total. The molecule has 0 saturated carbocycles. The molecule has 0 fully saturated rings. The lowest BCUT2D eigenvalue weighted by Crippen LogP contribution is -2.08. The van der Waals surface area contributed by atoms with Crippen molar-refractivity contribution in [1.82, 2.24) is 4.98 Å². The van der Waals surface area contributed by atoms with Crippen LogP contribution in [-0.4, -0.2) is 18.0 Å². The van der Waals surface area contributed by atoms with Crippen LogP contribution in [0.2, 0.25) is 0 Å². The van der Waals surface area contributed by atoms with Crippen LogP contribution in [0.3, 0.4) is 0 Å². The fraction of sp³-hybridized carbons (Fsp3) is 0.111. The number of allylic oxidation sites excluding steroid dienone is 1. The van der Waals surface area contributed by atoms with E-state index >= 15 is 0 Å². The second-order valence-electron chi connectivity index (χ2n) is 7.87. The molecule has 3 aromatic carbocycles. The molecule has 164 valence electrons. The monoisotopic (exact) mass is 454 g/mol. The molecular formula is C27H22N2O3S. The summed E-state index contributed by atoms with van der Waals surface area (Å²) in [5.74, 6) is 0.411. The molecule has 2 heterocycles. The van der Waals surface area contributed by atoms with Gasteiger partial charge < -0.3 is 9.15 Å². The number of carbonyl (C=O) groups is 1. The molecule has 0 saturated heterocycles. The van der Waals surface area contributed by atoms with Crippen LogP contribution in [0.15, 0.2) is 77.4 Å². The molecule has 0 bridgehead atoms. The van der Waals surface area contributed by atoms with Gasteiger partial charge in [-0.15, -0.1) is 0 Å². The highest BCUT2D eigenvalue weighted by Crippen LogP contribution is 2.37. The van der Waals surface area contributed by atoms with E-state index in [1.807, 2.05) is 43.3 Å². The minimum atomic E-state index is -0.236. The van der Waals surface area contributed by atoms with E-state index in [1.165, 1.54) is 16.9 Å². The number of benzene rings is 3. The van der Waals surface area contributed by atoms with Crippen molar-refractivity contribution in [2.24, 2.45) is 0 Å². The van der Waals surface area contributed by atoms with Crippen molar-refractivity contribution in [3.8, 4) is 16.9 Å². The topological polar surface area (TPSA) is 64.4 Å². The second-order valence-corrected chi connectivity index (χ2v) is 8.90. The number of aryl methyl sites for hydroxylation is 1. The van der Waals surface area contributed by atoms with E-state index in [-0.39, 0.29) is 5.91 Å². The van der Waals surface area contributed by atoms with Crippen molar-refractivity contribution in [3.05, 3.63) is 84.1 Å². The van der Waals surface area contributed by atoms with Crippen LogP contribution in [0, 0.1) is 6.92 Å². The van der Waals surface area contributed by atoms with Crippen molar-refractivity contribution in [1.29, 1.82) is 0 Å². The zero-order chi connectivity index (χ0) is 22.9. The zero-order valence-electron chi connectivity index (χ0n) is 18.5. The molecule has 6 heteroatoms. The predicted octanol–water partition coefficient (Wildman–Crippen LogP) is 7.07. The molecule has 2 aromatic heterocycles. The molecule has 5 rings (SSSR count). The Morgan fingerprint density at radius 3 is 2.67 bits per heavy atom. The second kappa shape index (κ2) is 8.56. The number of carbonyl (C=O) groups excluding carboxylic acids is 1. The number of rotatable bonds is 5. The van der Waals surface area contributed by atoms with Gasteiger partial charge in [-0.1, -0.05) is 53.3 Å². The van der Waals surface area contributed by atoms with E-state index in [2.05, 4.69) is 41.5 Å². The van der Waals surface area contributed by atoms with Gasteiger partial charge in [0.05, 0.1) is 23.6 Å². The van der Waals surface area contributed by atoms with Crippen molar-refractivity contribution in [2.75, 3.05) is 12.4 Å². The third-order valence-electron chi connectivity index (χ3n) is 5.55. The van der Waals surface area contributed by atoms with Crippen LogP contribution in [0.5, 0.6) is 5.75 Å². The van der Waals surface area contributed by atoms with Gasteiger partial charge in [-0.25, -0.2) is 4.98 Å². The molecule has 0 atom stereocenters. The number of methoxy groups -OCH3 is 1. The Morgan fingerprint density at radius 2 is 1.91 bits per heavy atom. The first-order chi connectivity index (χ1) is 16.0. The van der Waals surface area contributed by atoms with Gasteiger partial charge in [-0.3, -0.25) is 10.1 Å². The molecule has 0 aliphatic rings. The predicted molar refractivity (Wildman–Crippen MR) is 135 cm³/mol. The van der Waals surface area contributed by atoms with E-state index in [9.17, 15) is 4.79 Å². The minimum Gasteiger partial charge on any atom is -0.496 e. The number of aromatic nitrogens is 1. The standard InChI is InChI=1S/C27H22N2O3S/c1-16-8-10-18(11-9-16)21-15-32-24-14-23(31-3)19(13-20(21)24)17(2)12-26(30)29-27-28-22-6-4-5-7-25(22)33-27/h4-15H,1-3H3,(H,28,29,30)/b17-12+. The number of hydrogen-bond donors (Lipinski definition) is 1. The van der Waals surface area contributed by atoms with Crippen molar-refractivity contribution in [3.63, 3.8) is 0 Å². The van der Waals surface area contributed by atoms with Gasteiger partial charge in [-0.2, -0.15) is 0 Å². The number of hydrogen-bond acceptors (Lipinski definition) is 5. The summed E-state index contributed by atoms with van der Waals surface area (Å²) in [5.41, 5.74) is 6.49. The number of anilines is 1. The summed E-state index contributed by atoms with van der Waals surface area (Å²) in [4.78, 5) is 17.2. The summed E-state index contributed by atoms with van der Waals surface area (Å²) in [6.45, 7) is 3.96. The molecule has 5 aromatic rings. The van der Waals surface area contributed by atoms with Crippen molar-refractivity contribution < 1.29 is 13.9 Å². The van der Waals surface area contributed by atoms with Crippen molar-refractivity contribution in [2.45, 2.75) is 13.8 Å². The van der Waals surface area contributed by atoms with E-state index in [4.69, 9.17) is 9.15 Å². The Bertz CT molecular complexity index is 1480. The molecule has 0 radical (unpaired) electrons. The van der Waals surface area contributed by atoms with E-state index in [0.29, 0.717) is 10.9 Å². The van der Waals surface area contributed by atoms with E-state index in [1.54, 1.807) is 19.4 Å². The van der Waals surface area contributed by atoms with E-state index < -0.39 is 0 Å². The Morgan fingerprint density at radius 1 is 1.12 bits per heavy atom. The normalized spacial score (nSPS) is 11.8. The van der Waals surface area contributed by atoms with Gasteiger partial charge in [0.15, 0.2) is 5.13 Å². The Balaban J connectivity index is 1.48. The first kappa shape index (κ1) is 21.0. The molecule has 33 heavy (non-hydrogen) atoms. The Kier molecular flexibility index (Phi) is 5.44. The number of amides is 1. The van der Waals surface area contributed by atoms with E-state index in [0.717, 1.165) is 43.4 Å². The highest BCUT2D eigenvalue weighted by Gasteiger charge is 2.15. The summed E-state index contributed by atoms with van der Waals surface area (Å²) in [7, 11) is 1.61. The number of furan rings is 1. The van der Waals surface area contributed by atoms with Gasteiger partial charge in [0.1, 0.15) is 11.3 Å². The summed E-state index contributed by atoms with van der Waals surface area (Å²) >= 11 is 1.45. The number of nitrogens with one attached hydrogen (secondary N) is 1. The first-order valence-electron chi connectivity index (χ1n) is 10.5. The van der Waals surface area contributed by atoms with Gasteiger partial charge in [0, 0.05) is 28.7 Å². The van der Waals surface area contributed by atoms with Crippen LogP contribution < -0.4 is 10.1 Å². The van der Waals surface area contributed by atoms with Crippen LogP contribution >= 0.6 is 11.3 Å². The molecular weight excluding hydrogens is 432 g/mol. The van der Waals surface area contributed by atoms with Gasteiger partial charge in [0.2, 0.25) is 5.91 Å². The maximum atomic E-state index is 12.7. The lowest BCUT2D eigenvalue weighted by Gasteiger charge is -2.10. The molecule has 0 aliphatic carbocycles. The maximum absolute atomic E-state index is 12.7. The number of thiazole rings is 1. The molecule has 0 spiro atoms. The van der Waals surface area contributed by atoms with Crippen LogP contribution in [0.4, 0.5) is 5.13 Å². The largest absolute Gasteiger partial charge is 0.496 e. The Hall–Kier alpha value is -3.90. The number of fused-ring (bicyclic) bond motifs is 2. The number of nitrogens with zero attached hydrogens (tertiary/aromatic N) is 1. The summed E-state index contributed by atoms with van der Waals surface area (Å²) in [6, 6.07) is 20.0. The highest BCUT2D eigenvalue weighted by molar-refractivity contribution is 7.22. The van der Waals surface area contributed by atoms with Crippen molar-refractivity contribution >= 4 is 49.1 Å². The number of para-hydroxylation sites is 1. The Labute approximate surface area is 195 Å². The van der Waals surface area contributed by atoms with Crippen LogP contribution in [0.25, 0.3) is 37.9 Å². The smallest absolute Gasteiger partial charge is 0.250 e. The maximum Gasteiger partial charge on any atom is 0.250 e. The summed E-state index contributed by atoms with van der Waals surface area (Å²) in [6.07, 6.45) is 3.33. The average molecular weight is 455 g/mol. The first-order valence-corrected chi connectivity index (χ1v) is 11.3. The molecule has 0 aliphatic heterocycles. The lowest BCUT2D eigenvalue weighted by atomic mass is 9.99. The SMILES string of the molecule is COc1cc2occ(-c3ccc(C)cc3)c2cc1/C(C)=C/C(=O)Nc1nc2ccccc2s1. The third-order valence-corrected chi connectivity index (χ3v) is 6.51. The fourth-order valence-corrected chi connectivity index (χ4v) is 4.70. The third kappa shape index (κ3) is 4.13. The van der Waals surface area contributed by atoms with Gasteiger partial charge in [-0.05, 0) is 43.2 Å². The van der Waals surface area contributed by atoms with Gasteiger partial charge >= 0.3 is 0 Å². The molecule has 0 unspecified atom stereocenters. The molecule has 1 amide bonds. The highest BCUT2D eigenvalue weighted by atomic mass is 32.1. The quantitative estimate of drug-likeness (QED) is 0.289. The average Bonchev–Trinajstić information content (AvgIpc) is 3.41. The van der Waals surface area contributed by atoms with Gasteiger partial charge in [0.25, 0.3) is 0 Å². The molecule has 5 nitrogen and oxygen atoms in total. The summed E-state index contributed by atoms with van der Waals surface area (Å²) in [5, 5.41) is 4.42. The lowest BCUT2D eigenvalue weighted by molar-refractivity contribution is -0.111. The zero-order valence-corrected chi connectivity index (χ0v) is 19.3. The van der Waals surface area contributed by atoms with Crippen LogP contribution in [-0.2, 0) is 4.79 Å². The minimum absolute atomic E-state index is 0.236. The summed E-state index contributed by atoms with van der Waals surface area (Å²) < 4.78 is 12.4.